The quantitative estimate of drug-likeness (QED) is 0.123. The smallest absolute Gasteiger partial charge is 0.326 e. The fourth-order valence-corrected chi connectivity index (χ4v) is 4.18. The maximum atomic E-state index is 13.0. The van der Waals surface area contributed by atoms with Gasteiger partial charge in [-0.05, 0) is 61.7 Å². The van der Waals surface area contributed by atoms with E-state index in [1.54, 1.807) is 11.8 Å². The summed E-state index contributed by atoms with van der Waals surface area (Å²) in [5.41, 5.74) is 11.1. The van der Waals surface area contributed by atoms with E-state index in [0.717, 1.165) is 0 Å². The molecule has 0 aromatic carbocycles. The second-order valence-electron chi connectivity index (χ2n) is 7.48. The minimum Gasteiger partial charge on any atom is -0.480 e. The molecule has 4 amide bonds. The average Bonchev–Trinajstić information content (AvgIpc) is 2.79. The Kier molecular flexibility index (Phi) is 17.8. The molecule has 4 unspecified atom stereocenters. The Bertz CT molecular complexity index is 685. The zero-order chi connectivity index (χ0) is 26.1. The molecular formula is C20H37N5O6S3. The number of carbonyl (C=O) groups is 5. The van der Waals surface area contributed by atoms with Crippen molar-refractivity contribution in [1.82, 2.24) is 16.0 Å². The van der Waals surface area contributed by atoms with Crippen molar-refractivity contribution < 1.29 is 29.1 Å². The minimum absolute atomic E-state index is 0.113. The van der Waals surface area contributed by atoms with Crippen LogP contribution in [0.15, 0.2) is 0 Å². The first-order valence-electron chi connectivity index (χ1n) is 10.7. The number of carbonyl (C=O) groups excluding carboxylic acids is 4. The van der Waals surface area contributed by atoms with Gasteiger partial charge in [0.25, 0.3) is 0 Å². The highest BCUT2D eigenvalue weighted by Gasteiger charge is 2.30. The molecule has 11 nitrogen and oxygen atoms in total. The number of carboxylic acids is 1. The van der Waals surface area contributed by atoms with E-state index >= 15 is 0 Å². The lowest BCUT2D eigenvalue weighted by Gasteiger charge is -2.25. The number of nitrogens with two attached hydrogens (primary N) is 2. The molecule has 0 aliphatic heterocycles. The van der Waals surface area contributed by atoms with E-state index in [0.29, 0.717) is 30.1 Å². The first kappa shape index (κ1) is 32.4. The van der Waals surface area contributed by atoms with Gasteiger partial charge in [0.1, 0.15) is 18.1 Å². The summed E-state index contributed by atoms with van der Waals surface area (Å²) in [4.78, 5) is 61.0. The fourth-order valence-electron chi connectivity index (χ4n) is 2.75. The van der Waals surface area contributed by atoms with Gasteiger partial charge in [-0.1, -0.05) is 0 Å². The number of nitrogens with one attached hydrogen (secondary N) is 3. The Morgan fingerprint density at radius 3 is 1.59 bits per heavy atom. The Labute approximate surface area is 213 Å². The maximum absolute atomic E-state index is 13.0. The first-order chi connectivity index (χ1) is 16.1. The van der Waals surface area contributed by atoms with Gasteiger partial charge < -0.3 is 32.5 Å². The molecule has 0 bridgehead atoms. The topological polar surface area (TPSA) is 194 Å². The standard InChI is InChI=1S/C20H37N5O6S3/c1-32-9-6-12(21)17(27)23-14(7-10-33-2)19(29)24-13(4-5-16(22)26)18(28)25-15(20(30)31)8-11-34-3/h12-15H,4-11,21H2,1-3H3,(H2,22,26)(H,23,27)(H,24,29)(H,25,28)(H,30,31). The molecule has 0 heterocycles. The zero-order valence-corrected chi connectivity index (χ0v) is 22.3. The highest BCUT2D eigenvalue weighted by atomic mass is 32.2. The summed E-state index contributed by atoms with van der Waals surface area (Å²) >= 11 is 4.46. The molecule has 0 aromatic rings. The molecule has 14 heteroatoms. The summed E-state index contributed by atoms with van der Waals surface area (Å²) in [5.74, 6) is -1.96. The molecular weight excluding hydrogens is 502 g/mol. The van der Waals surface area contributed by atoms with Crippen molar-refractivity contribution in [1.29, 1.82) is 0 Å². The molecule has 34 heavy (non-hydrogen) atoms. The molecule has 8 N–H and O–H groups in total. The van der Waals surface area contributed by atoms with E-state index in [1.807, 2.05) is 18.8 Å². The molecule has 0 rings (SSSR count). The molecule has 0 aromatic heterocycles. The highest BCUT2D eigenvalue weighted by molar-refractivity contribution is 7.98. The van der Waals surface area contributed by atoms with E-state index in [2.05, 4.69) is 16.0 Å². The summed E-state index contributed by atoms with van der Waals surface area (Å²) in [7, 11) is 0. The van der Waals surface area contributed by atoms with Crippen molar-refractivity contribution in [2.45, 2.75) is 56.3 Å². The molecule has 0 fully saturated rings. The Morgan fingerprint density at radius 1 is 0.706 bits per heavy atom. The van der Waals surface area contributed by atoms with Gasteiger partial charge in [-0.2, -0.15) is 35.3 Å². The van der Waals surface area contributed by atoms with E-state index in [1.165, 1.54) is 23.5 Å². The SMILES string of the molecule is CSCCC(N)C(=O)NC(CCSC)C(=O)NC(CCC(N)=O)C(=O)NC(CCSC)C(=O)O. The maximum Gasteiger partial charge on any atom is 0.326 e. The van der Waals surface area contributed by atoms with Gasteiger partial charge in [0.05, 0.1) is 6.04 Å². The second kappa shape index (κ2) is 18.7. The van der Waals surface area contributed by atoms with Crippen molar-refractivity contribution in [3.63, 3.8) is 0 Å². The van der Waals surface area contributed by atoms with Crippen molar-refractivity contribution in [3.05, 3.63) is 0 Å². The van der Waals surface area contributed by atoms with Gasteiger partial charge in [0, 0.05) is 6.42 Å². The Balaban J connectivity index is 5.44. The lowest BCUT2D eigenvalue weighted by molar-refractivity contribution is -0.142. The van der Waals surface area contributed by atoms with Crippen LogP contribution < -0.4 is 27.4 Å². The molecule has 0 radical (unpaired) electrons. The van der Waals surface area contributed by atoms with Gasteiger partial charge >= 0.3 is 5.97 Å². The summed E-state index contributed by atoms with van der Waals surface area (Å²) < 4.78 is 0. The van der Waals surface area contributed by atoms with Crippen LogP contribution in [0.4, 0.5) is 0 Å². The number of hydrogen-bond donors (Lipinski definition) is 6. The van der Waals surface area contributed by atoms with Crippen LogP contribution in [0.25, 0.3) is 0 Å². The van der Waals surface area contributed by atoms with Crippen molar-refractivity contribution >= 4 is 64.9 Å². The van der Waals surface area contributed by atoms with Gasteiger partial charge in [0.15, 0.2) is 0 Å². The summed E-state index contributed by atoms with van der Waals surface area (Å²) in [6, 6.07) is -4.07. The molecule has 0 aliphatic rings. The fraction of sp³-hybridized carbons (Fsp3) is 0.750. The van der Waals surface area contributed by atoms with Gasteiger partial charge in [-0.25, -0.2) is 4.79 Å². The number of aliphatic carboxylic acids is 1. The molecule has 4 atom stereocenters. The zero-order valence-electron chi connectivity index (χ0n) is 19.8. The Hall–Kier alpha value is -1.64. The van der Waals surface area contributed by atoms with Crippen LogP contribution in [0.3, 0.4) is 0 Å². The number of thioether (sulfide) groups is 3. The number of amides is 4. The van der Waals surface area contributed by atoms with Crippen molar-refractivity contribution in [3.8, 4) is 0 Å². The highest BCUT2D eigenvalue weighted by Crippen LogP contribution is 2.07. The normalized spacial score (nSPS) is 14.4. The predicted octanol–water partition coefficient (Wildman–Crippen LogP) is -0.622. The van der Waals surface area contributed by atoms with Gasteiger partial charge in [-0.15, -0.1) is 0 Å². The molecule has 196 valence electrons. The van der Waals surface area contributed by atoms with Gasteiger partial charge in [-0.3, -0.25) is 19.2 Å². The summed E-state index contributed by atoms with van der Waals surface area (Å²) in [5, 5.41) is 17.0. The van der Waals surface area contributed by atoms with Crippen LogP contribution in [0.1, 0.15) is 32.1 Å². The van der Waals surface area contributed by atoms with E-state index in [4.69, 9.17) is 11.5 Å². The first-order valence-corrected chi connectivity index (χ1v) is 14.9. The third-order valence-electron chi connectivity index (χ3n) is 4.75. The Morgan fingerprint density at radius 2 is 1.12 bits per heavy atom. The number of carboxylic acid groups (broad SMARTS) is 1. The lowest BCUT2D eigenvalue weighted by atomic mass is 10.1. The summed E-state index contributed by atoms with van der Waals surface area (Å²) in [6.07, 6.45) is 6.19. The average molecular weight is 540 g/mol. The predicted molar refractivity (Wildman–Crippen MR) is 139 cm³/mol. The molecule has 0 saturated carbocycles. The van der Waals surface area contributed by atoms with Crippen LogP contribution >= 0.6 is 35.3 Å². The van der Waals surface area contributed by atoms with E-state index < -0.39 is 53.8 Å². The van der Waals surface area contributed by atoms with Crippen LogP contribution in [-0.4, -0.2) is 94.9 Å². The van der Waals surface area contributed by atoms with Crippen LogP contribution in [0.2, 0.25) is 0 Å². The lowest BCUT2D eigenvalue weighted by Crippen LogP contribution is -2.57. The minimum atomic E-state index is -1.20. The van der Waals surface area contributed by atoms with Crippen molar-refractivity contribution in [2.75, 3.05) is 36.0 Å². The molecule has 0 saturated heterocycles. The monoisotopic (exact) mass is 539 g/mol. The largest absolute Gasteiger partial charge is 0.480 e. The van der Waals surface area contributed by atoms with E-state index in [9.17, 15) is 29.1 Å². The number of hydrogen-bond acceptors (Lipinski definition) is 9. The summed E-state index contributed by atoms with van der Waals surface area (Å²) in [6.45, 7) is 0. The third kappa shape index (κ3) is 13.9. The third-order valence-corrected chi connectivity index (χ3v) is 6.68. The number of rotatable bonds is 19. The second-order valence-corrected chi connectivity index (χ2v) is 10.4. The van der Waals surface area contributed by atoms with Crippen molar-refractivity contribution in [2.24, 2.45) is 11.5 Å². The number of primary amides is 1. The van der Waals surface area contributed by atoms with Crippen LogP contribution in [-0.2, 0) is 24.0 Å². The van der Waals surface area contributed by atoms with Crippen LogP contribution in [0, 0.1) is 0 Å². The molecule has 0 spiro atoms. The molecule has 0 aliphatic carbocycles. The van der Waals surface area contributed by atoms with Gasteiger partial charge in [0.2, 0.25) is 23.6 Å². The van der Waals surface area contributed by atoms with E-state index in [-0.39, 0.29) is 19.3 Å². The van der Waals surface area contributed by atoms with Crippen LogP contribution in [0.5, 0.6) is 0 Å².